The van der Waals surface area contributed by atoms with Crippen LogP contribution in [-0.2, 0) is 0 Å². The first-order chi connectivity index (χ1) is 16.3. The predicted molar refractivity (Wildman–Crippen MR) is 127 cm³/mol. The van der Waals surface area contributed by atoms with Gasteiger partial charge in [-0.2, -0.15) is 0 Å². The number of hydrogen-bond acceptors (Lipinski definition) is 7. The first kappa shape index (κ1) is 23.2. The molecular formula is C25H27N3O6. The van der Waals surface area contributed by atoms with Crippen LogP contribution in [0.3, 0.4) is 0 Å². The molecule has 0 aliphatic carbocycles. The summed E-state index contributed by atoms with van der Waals surface area (Å²) in [6, 6.07) is 9.97. The van der Waals surface area contributed by atoms with Crippen LogP contribution in [0, 0.1) is 12.8 Å². The number of hydrogen-bond donors (Lipinski definition) is 3. The fourth-order valence-electron chi connectivity index (χ4n) is 3.85. The lowest BCUT2D eigenvalue weighted by Crippen LogP contribution is -2.42. The molecule has 3 aromatic rings. The summed E-state index contributed by atoms with van der Waals surface area (Å²) in [6.07, 6.45) is 0. The van der Waals surface area contributed by atoms with Gasteiger partial charge >= 0.3 is 5.97 Å². The molecule has 9 heteroatoms. The summed E-state index contributed by atoms with van der Waals surface area (Å²) in [6.45, 7) is 6.63. The van der Waals surface area contributed by atoms with Gasteiger partial charge in [-0.1, -0.05) is 19.9 Å². The van der Waals surface area contributed by atoms with Gasteiger partial charge in [0.2, 0.25) is 0 Å². The van der Waals surface area contributed by atoms with E-state index in [2.05, 4.69) is 10.3 Å². The SMILES string of the molecule is Cc1nc2cccc(OCC(NC(=O)c3ccc4c(c3)OCCO4)C(C)C)c2c(N)c1C(=O)O. The number of nitrogens with one attached hydrogen (secondary N) is 1. The fraction of sp³-hybridized carbons (Fsp3) is 0.320. The number of benzene rings is 2. The molecule has 1 aromatic heterocycles. The van der Waals surface area contributed by atoms with Crippen molar-refractivity contribution in [3.05, 3.63) is 53.2 Å². The number of anilines is 1. The highest BCUT2D eigenvalue weighted by atomic mass is 16.6. The van der Waals surface area contributed by atoms with Crippen molar-refractivity contribution in [2.45, 2.75) is 26.8 Å². The van der Waals surface area contributed by atoms with E-state index in [4.69, 9.17) is 19.9 Å². The van der Waals surface area contributed by atoms with E-state index < -0.39 is 5.97 Å². The number of rotatable bonds is 7. The second-order valence-corrected chi connectivity index (χ2v) is 8.43. The number of aryl methyl sites for hydroxylation is 1. The predicted octanol–water partition coefficient (Wildman–Crippen LogP) is 3.43. The van der Waals surface area contributed by atoms with Gasteiger partial charge in [0.05, 0.1) is 28.3 Å². The third-order valence-corrected chi connectivity index (χ3v) is 5.75. The first-order valence-electron chi connectivity index (χ1n) is 11.0. The van der Waals surface area contributed by atoms with Crippen LogP contribution in [0.15, 0.2) is 36.4 Å². The lowest BCUT2D eigenvalue weighted by molar-refractivity contribution is 0.0696. The Kier molecular flexibility index (Phi) is 6.45. The molecule has 4 N–H and O–H groups in total. The van der Waals surface area contributed by atoms with Crippen molar-refractivity contribution in [1.29, 1.82) is 0 Å². The van der Waals surface area contributed by atoms with E-state index in [9.17, 15) is 14.7 Å². The summed E-state index contributed by atoms with van der Waals surface area (Å²) in [5.74, 6) is 0.213. The molecule has 178 valence electrons. The second kappa shape index (κ2) is 9.46. The Morgan fingerprint density at radius 1 is 1.18 bits per heavy atom. The number of carboxylic acids is 1. The molecule has 2 aromatic carbocycles. The number of carbonyl (C=O) groups is 2. The molecule has 4 rings (SSSR count). The van der Waals surface area contributed by atoms with Crippen LogP contribution in [0.4, 0.5) is 5.69 Å². The number of nitrogens with zero attached hydrogens (tertiary/aromatic N) is 1. The van der Waals surface area contributed by atoms with Crippen LogP contribution in [0.5, 0.6) is 17.2 Å². The molecule has 34 heavy (non-hydrogen) atoms. The van der Waals surface area contributed by atoms with Gasteiger partial charge in [-0.15, -0.1) is 0 Å². The van der Waals surface area contributed by atoms with Crippen molar-refractivity contribution >= 4 is 28.5 Å². The van der Waals surface area contributed by atoms with E-state index in [1.54, 1.807) is 43.3 Å². The Bertz CT molecular complexity index is 1260. The van der Waals surface area contributed by atoms with Gasteiger partial charge in [-0.25, -0.2) is 4.79 Å². The number of pyridine rings is 1. The topological polar surface area (TPSA) is 133 Å². The molecule has 0 fully saturated rings. The molecule has 0 saturated heterocycles. The van der Waals surface area contributed by atoms with Gasteiger partial charge in [0.15, 0.2) is 11.5 Å². The summed E-state index contributed by atoms with van der Waals surface area (Å²) in [7, 11) is 0. The van der Waals surface area contributed by atoms with Gasteiger partial charge in [0.1, 0.15) is 31.1 Å². The van der Waals surface area contributed by atoms with Crippen molar-refractivity contribution in [3.8, 4) is 17.2 Å². The molecule has 1 atom stereocenters. The second-order valence-electron chi connectivity index (χ2n) is 8.43. The molecule has 9 nitrogen and oxygen atoms in total. The number of nitrogen functional groups attached to an aromatic ring is 1. The highest BCUT2D eigenvalue weighted by Gasteiger charge is 2.22. The van der Waals surface area contributed by atoms with Gasteiger partial charge in [0.25, 0.3) is 5.91 Å². The zero-order valence-corrected chi connectivity index (χ0v) is 19.3. The summed E-state index contributed by atoms with van der Waals surface area (Å²) in [5, 5.41) is 13.0. The van der Waals surface area contributed by atoms with E-state index in [0.717, 1.165) is 0 Å². The Hall–Kier alpha value is -4.01. The Morgan fingerprint density at radius 3 is 2.62 bits per heavy atom. The minimum Gasteiger partial charge on any atom is -0.491 e. The van der Waals surface area contributed by atoms with Crippen LogP contribution in [0.1, 0.15) is 40.3 Å². The van der Waals surface area contributed by atoms with Crippen LogP contribution in [0.2, 0.25) is 0 Å². The van der Waals surface area contributed by atoms with Crippen molar-refractivity contribution in [2.24, 2.45) is 5.92 Å². The smallest absolute Gasteiger partial charge is 0.339 e. The molecule has 0 radical (unpaired) electrons. The van der Waals surface area contributed by atoms with E-state index in [-0.39, 0.29) is 35.7 Å². The average Bonchev–Trinajstić information content (AvgIpc) is 2.80. The summed E-state index contributed by atoms with van der Waals surface area (Å²) in [5.41, 5.74) is 7.59. The van der Waals surface area contributed by atoms with Gasteiger partial charge in [0, 0.05) is 5.56 Å². The highest BCUT2D eigenvalue weighted by molar-refractivity contribution is 6.06. The monoisotopic (exact) mass is 465 g/mol. The van der Waals surface area contributed by atoms with Gasteiger partial charge in [-0.05, 0) is 43.2 Å². The number of carboxylic acid groups (broad SMARTS) is 1. The van der Waals surface area contributed by atoms with Gasteiger partial charge in [-0.3, -0.25) is 9.78 Å². The molecule has 1 aliphatic rings. The molecule has 1 unspecified atom stereocenters. The summed E-state index contributed by atoms with van der Waals surface area (Å²) < 4.78 is 17.1. The number of fused-ring (bicyclic) bond motifs is 2. The van der Waals surface area contributed by atoms with E-state index in [1.807, 2.05) is 13.8 Å². The lowest BCUT2D eigenvalue weighted by Gasteiger charge is -2.24. The van der Waals surface area contributed by atoms with E-state index in [0.29, 0.717) is 52.6 Å². The standard InChI is InChI=1S/C25H27N3O6/c1-13(2)17(28-24(29)15-7-8-18-20(11-15)33-10-9-32-18)12-34-19-6-4-5-16-22(19)23(26)21(25(30)31)14(3)27-16/h4-8,11,13,17H,9-10,12H2,1-3H3,(H2,26,27)(H,28,29)(H,30,31). The molecule has 2 heterocycles. The van der Waals surface area contributed by atoms with Crippen molar-refractivity contribution in [1.82, 2.24) is 10.3 Å². The van der Waals surface area contributed by atoms with E-state index in [1.165, 1.54) is 0 Å². The maximum Gasteiger partial charge on any atom is 0.339 e. The number of ether oxygens (including phenoxy) is 3. The molecule has 0 spiro atoms. The highest BCUT2D eigenvalue weighted by Crippen LogP contribution is 2.34. The maximum atomic E-state index is 12.9. The maximum absolute atomic E-state index is 12.9. The summed E-state index contributed by atoms with van der Waals surface area (Å²) in [4.78, 5) is 29.0. The molecule has 1 amide bonds. The Labute approximate surface area is 196 Å². The van der Waals surface area contributed by atoms with Crippen LogP contribution >= 0.6 is 0 Å². The van der Waals surface area contributed by atoms with Crippen molar-refractivity contribution in [2.75, 3.05) is 25.6 Å². The third-order valence-electron chi connectivity index (χ3n) is 5.75. The molecule has 0 bridgehead atoms. The average molecular weight is 466 g/mol. The third kappa shape index (κ3) is 4.54. The number of carbonyl (C=O) groups excluding carboxylic acids is 1. The zero-order chi connectivity index (χ0) is 24.4. The summed E-state index contributed by atoms with van der Waals surface area (Å²) >= 11 is 0. The molecule has 0 saturated carbocycles. The number of aromatic nitrogens is 1. The van der Waals surface area contributed by atoms with Crippen LogP contribution in [0.25, 0.3) is 10.9 Å². The normalized spacial score (nSPS) is 13.5. The zero-order valence-electron chi connectivity index (χ0n) is 19.3. The largest absolute Gasteiger partial charge is 0.491 e. The van der Waals surface area contributed by atoms with Crippen LogP contribution in [-0.4, -0.2) is 47.8 Å². The fourth-order valence-corrected chi connectivity index (χ4v) is 3.85. The van der Waals surface area contributed by atoms with Gasteiger partial charge < -0.3 is 30.4 Å². The number of amides is 1. The van der Waals surface area contributed by atoms with Crippen molar-refractivity contribution in [3.63, 3.8) is 0 Å². The van der Waals surface area contributed by atoms with Crippen LogP contribution < -0.4 is 25.3 Å². The lowest BCUT2D eigenvalue weighted by atomic mass is 10.0. The first-order valence-corrected chi connectivity index (χ1v) is 11.0. The molecule has 1 aliphatic heterocycles. The quantitative estimate of drug-likeness (QED) is 0.483. The number of nitrogens with two attached hydrogens (primary N) is 1. The minimum atomic E-state index is -1.15. The molecular weight excluding hydrogens is 438 g/mol. The van der Waals surface area contributed by atoms with E-state index >= 15 is 0 Å². The number of aromatic carboxylic acids is 1. The minimum absolute atomic E-state index is 0.0455. The Balaban J connectivity index is 1.55. The Morgan fingerprint density at radius 2 is 1.91 bits per heavy atom. The van der Waals surface area contributed by atoms with Crippen molar-refractivity contribution < 1.29 is 28.9 Å².